The molecule has 0 aliphatic carbocycles. The SMILES string of the molecule is CC(C)N1CCN(CCCC2(c3ccc(Cl)c(Cl)c3)CCCN(S(=O)(=O)c3ccccc3)C2)CC1. The zero-order valence-electron chi connectivity index (χ0n) is 20.8. The zero-order valence-corrected chi connectivity index (χ0v) is 23.1. The highest BCUT2D eigenvalue weighted by molar-refractivity contribution is 7.89. The third-order valence-electron chi connectivity index (χ3n) is 7.72. The van der Waals surface area contributed by atoms with Gasteiger partial charge in [0.15, 0.2) is 0 Å². The molecule has 0 radical (unpaired) electrons. The highest BCUT2D eigenvalue weighted by Gasteiger charge is 2.41. The molecule has 0 aromatic heterocycles. The molecule has 192 valence electrons. The molecule has 8 heteroatoms. The van der Waals surface area contributed by atoms with Gasteiger partial charge in [0.25, 0.3) is 0 Å². The molecule has 1 atom stereocenters. The molecule has 0 saturated carbocycles. The Morgan fingerprint density at radius 3 is 2.31 bits per heavy atom. The summed E-state index contributed by atoms with van der Waals surface area (Å²) >= 11 is 12.7. The van der Waals surface area contributed by atoms with E-state index in [2.05, 4.69) is 23.6 Å². The minimum Gasteiger partial charge on any atom is -0.301 e. The fourth-order valence-corrected chi connectivity index (χ4v) is 7.47. The molecule has 0 bridgehead atoms. The quantitative estimate of drug-likeness (QED) is 0.444. The lowest BCUT2D eigenvalue weighted by Gasteiger charge is -2.43. The van der Waals surface area contributed by atoms with Gasteiger partial charge in [-0.25, -0.2) is 8.42 Å². The molecule has 0 amide bonds. The molecule has 5 nitrogen and oxygen atoms in total. The molecule has 2 heterocycles. The van der Waals surface area contributed by atoms with E-state index >= 15 is 0 Å². The molecule has 2 fully saturated rings. The molecule has 0 spiro atoms. The molecule has 2 aliphatic rings. The van der Waals surface area contributed by atoms with Crippen LogP contribution in [0.4, 0.5) is 0 Å². The second kappa shape index (κ2) is 11.5. The standard InChI is InChI=1S/C27H37Cl2N3O2S/c1-22(2)31-18-16-30(17-19-31)14-6-12-27(23-10-11-25(28)26(29)20-23)13-7-15-32(21-27)35(33,34)24-8-4-3-5-9-24/h3-5,8-11,20,22H,6-7,12-19,21H2,1-2H3. The summed E-state index contributed by atoms with van der Waals surface area (Å²) in [6.45, 7) is 10.9. The van der Waals surface area contributed by atoms with E-state index in [-0.39, 0.29) is 5.41 Å². The summed E-state index contributed by atoms with van der Waals surface area (Å²) in [6.07, 6.45) is 3.68. The van der Waals surface area contributed by atoms with E-state index < -0.39 is 10.0 Å². The molecular formula is C27H37Cl2N3O2S. The zero-order chi connectivity index (χ0) is 25.1. The van der Waals surface area contributed by atoms with E-state index in [1.807, 2.05) is 24.3 Å². The third-order valence-corrected chi connectivity index (χ3v) is 10.3. The maximum atomic E-state index is 13.5. The van der Waals surface area contributed by atoms with Crippen LogP contribution in [0.15, 0.2) is 53.4 Å². The van der Waals surface area contributed by atoms with Crippen molar-refractivity contribution >= 4 is 33.2 Å². The van der Waals surface area contributed by atoms with E-state index in [0.717, 1.165) is 64.0 Å². The van der Waals surface area contributed by atoms with Crippen LogP contribution in [0.3, 0.4) is 0 Å². The molecule has 4 rings (SSSR count). The number of benzene rings is 2. The van der Waals surface area contributed by atoms with Crippen LogP contribution < -0.4 is 0 Å². The van der Waals surface area contributed by atoms with Gasteiger partial charge in [-0.3, -0.25) is 4.90 Å². The summed E-state index contributed by atoms with van der Waals surface area (Å²) in [4.78, 5) is 5.43. The maximum Gasteiger partial charge on any atom is 0.243 e. The van der Waals surface area contributed by atoms with Crippen molar-refractivity contribution in [2.75, 3.05) is 45.8 Å². The lowest BCUT2D eigenvalue weighted by atomic mass is 9.71. The normalized spacial score (nSPS) is 23.1. The van der Waals surface area contributed by atoms with Crippen molar-refractivity contribution in [2.45, 2.75) is 55.9 Å². The van der Waals surface area contributed by atoms with Crippen molar-refractivity contribution < 1.29 is 8.42 Å². The van der Waals surface area contributed by atoms with E-state index in [1.54, 1.807) is 28.6 Å². The number of piperidine rings is 1. The van der Waals surface area contributed by atoms with Gasteiger partial charge < -0.3 is 4.90 Å². The summed E-state index contributed by atoms with van der Waals surface area (Å²) in [5.74, 6) is 0. The number of hydrogen-bond donors (Lipinski definition) is 0. The van der Waals surface area contributed by atoms with Gasteiger partial charge >= 0.3 is 0 Å². The number of rotatable bonds is 8. The van der Waals surface area contributed by atoms with Gasteiger partial charge in [0, 0.05) is 50.7 Å². The largest absolute Gasteiger partial charge is 0.301 e. The number of sulfonamides is 1. The highest BCUT2D eigenvalue weighted by Crippen LogP contribution is 2.41. The first-order valence-corrected chi connectivity index (χ1v) is 14.9. The van der Waals surface area contributed by atoms with E-state index in [9.17, 15) is 8.42 Å². The van der Waals surface area contributed by atoms with Crippen molar-refractivity contribution in [1.82, 2.24) is 14.1 Å². The Morgan fingerprint density at radius 2 is 1.66 bits per heavy atom. The van der Waals surface area contributed by atoms with Crippen molar-refractivity contribution in [1.29, 1.82) is 0 Å². The van der Waals surface area contributed by atoms with Crippen LogP contribution >= 0.6 is 23.2 Å². The van der Waals surface area contributed by atoms with Crippen molar-refractivity contribution in [3.63, 3.8) is 0 Å². The Kier molecular flexibility index (Phi) is 8.83. The topological polar surface area (TPSA) is 43.9 Å². The van der Waals surface area contributed by atoms with Gasteiger partial charge in [-0.15, -0.1) is 0 Å². The number of hydrogen-bond acceptors (Lipinski definition) is 4. The van der Waals surface area contributed by atoms with E-state index in [1.165, 1.54) is 0 Å². The van der Waals surface area contributed by atoms with Crippen LogP contribution in [0.25, 0.3) is 0 Å². The molecule has 35 heavy (non-hydrogen) atoms. The molecule has 2 aromatic carbocycles. The van der Waals surface area contributed by atoms with Crippen LogP contribution in [0.5, 0.6) is 0 Å². The van der Waals surface area contributed by atoms with Gasteiger partial charge in [-0.2, -0.15) is 4.31 Å². The third kappa shape index (κ3) is 6.23. The molecule has 1 unspecified atom stereocenters. The Balaban J connectivity index is 1.53. The summed E-state index contributed by atoms with van der Waals surface area (Å²) in [5, 5.41) is 1.05. The fraction of sp³-hybridized carbons (Fsp3) is 0.556. The predicted octanol–water partition coefficient (Wildman–Crippen LogP) is 5.52. The average Bonchev–Trinajstić information content (AvgIpc) is 2.86. The van der Waals surface area contributed by atoms with Crippen molar-refractivity contribution in [2.24, 2.45) is 0 Å². The Labute approximate surface area is 221 Å². The van der Waals surface area contributed by atoms with E-state index in [4.69, 9.17) is 23.2 Å². The first-order valence-electron chi connectivity index (χ1n) is 12.7. The molecule has 0 N–H and O–H groups in total. The van der Waals surface area contributed by atoms with Crippen LogP contribution in [0, 0.1) is 0 Å². The smallest absolute Gasteiger partial charge is 0.243 e. The fourth-order valence-electron chi connectivity index (χ4n) is 5.59. The van der Waals surface area contributed by atoms with Crippen LogP contribution in [0.1, 0.15) is 45.1 Å². The number of nitrogens with zero attached hydrogens (tertiary/aromatic N) is 3. The molecule has 2 aliphatic heterocycles. The van der Waals surface area contributed by atoms with Gasteiger partial charge in [-0.1, -0.05) is 47.5 Å². The van der Waals surface area contributed by atoms with Crippen LogP contribution in [-0.2, 0) is 15.4 Å². The summed E-state index contributed by atoms with van der Waals surface area (Å²) in [7, 11) is -3.56. The van der Waals surface area contributed by atoms with Gasteiger partial charge in [0.2, 0.25) is 10.0 Å². The monoisotopic (exact) mass is 537 g/mol. The second-order valence-corrected chi connectivity index (χ2v) is 13.0. The molecule has 2 aromatic rings. The number of halogens is 2. The van der Waals surface area contributed by atoms with Gasteiger partial charge in [0.05, 0.1) is 14.9 Å². The summed E-state index contributed by atoms with van der Waals surface area (Å²) in [6, 6.07) is 15.2. The van der Waals surface area contributed by atoms with E-state index in [0.29, 0.717) is 34.1 Å². The average molecular weight is 539 g/mol. The second-order valence-electron chi connectivity index (χ2n) is 10.2. The Hall–Kier alpha value is -1.15. The first-order chi connectivity index (χ1) is 16.7. The lowest BCUT2D eigenvalue weighted by Crippen LogP contribution is -2.50. The lowest BCUT2D eigenvalue weighted by molar-refractivity contribution is 0.103. The molecule has 2 saturated heterocycles. The predicted molar refractivity (Wildman–Crippen MR) is 145 cm³/mol. The van der Waals surface area contributed by atoms with Crippen LogP contribution in [0.2, 0.25) is 10.0 Å². The van der Waals surface area contributed by atoms with Gasteiger partial charge in [0.1, 0.15) is 0 Å². The summed E-state index contributed by atoms with van der Waals surface area (Å²) in [5.41, 5.74) is 0.804. The summed E-state index contributed by atoms with van der Waals surface area (Å²) < 4.78 is 28.7. The Morgan fingerprint density at radius 1 is 0.943 bits per heavy atom. The first kappa shape index (κ1) is 26.9. The van der Waals surface area contributed by atoms with Crippen molar-refractivity contribution in [3.8, 4) is 0 Å². The molecular weight excluding hydrogens is 501 g/mol. The van der Waals surface area contributed by atoms with Gasteiger partial charge in [-0.05, 0) is 75.9 Å². The maximum absolute atomic E-state index is 13.5. The van der Waals surface area contributed by atoms with Crippen LogP contribution in [-0.4, -0.2) is 74.4 Å². The minimum absolute atomic E-state index is 0.284. The van der Waals surface area contributed by atoms with Crippen molar-refractivity contribution in [3.05, 3.63) is 64.1 Å². The highest BCUT2D eigenvalue weighted by atomic mass is 35.5. The Bertz CT molecular complexity index is 1090. The number of piperazine rings is 1. The minimum atomic E-state index is -3.56.